The fraction of sp³-hybridized carbons (Fsp3) is 0.444. The zero-order chi connectivity index (χ0) is 25.3. The van der Waals surface area contributed by atoms with Crippen molar-refractivity contribution < 1.29 is 18.9 Å². The number of methoxy groups -OCH3 is 1. The third-order valence-electron chi connectivity index (χ3n) is 6.29. The van der Waals surface area contributed by atoms with E-state index in [4.69, 9.17) is 18.9 Å². The monoisotopic (exact) mass is 506 g/mol. The Morgan fingerprint density at radius 3 is 2.57 bits per heavy atom. The van der Waals surface area contributed by atoms with Crippen molar-refractivity contribution in [2.75, 3.05) is 50.7 Å². The summed E-state index contributed by atoms with van der Waals surface area (Å²) in [5.41, 5.74) is 2.80. The van der Waals surface area contributed by atoms with Gasteiger partial charge in [-0.3, -0.25) is 0 Å². The van der Waals surface area contributed by atoms with Crippen LogP contribution in [0.25, 0.3) is 0 Å². The maximum Gasteiger partial charge on any atom is 0.229 e. The van der Waals surface area contributed by atoms with Crippen molar-refractivity contribution in [3.63, 3.8) is 0 Å². The molecule has 4 heterocycles. The number of anilines is 4. The van der Waals surface area contributed by atoms with Gasteiger partial charge < -0.3 is 34.9 Å². The van der Waals surface area contributed by atoms with Crippen LogP contribution in [-0.2, 0) is 11.2 Å². The molecule has 0 bridgehead atoms. The molecule has 1 saturated heterocycles. The molecule has 0 unspecified atom stereocenters. The first kappa shape index (κ1) is 25.0. The van der Waals surface area contributed by atoms with Gasteiger partial charge in [0.1, 0.15) is 5.82 Å². The number of aromatic nitrogens is 3. The molecule has 0 amide bonds. The molecule has 0 spiro atoms. The predicted molar refractivity (Wildman–Crippen MR) is 142 cm³/mol. The van der Waals surface area contributed by atoms with Gasteiger partial charge in [0.15, 0.2) is 11.5 Å². The van der Waals surface area contributed by atoms with Crippen LogP contribution in [0.5, 0.6) is 17.4 Å². The molecule has 3 aliphatic rings. The molecular formula is C27H34N6O4. The van der Waals surface area contributed by atoms with Crippen LogP contribution in [0.2, 0.25) is 0 Å². The standard InChI is InChI=1S/C23H25N5O3.C4H9NO/c1-29-20-13-16(7-8-19(20)31-18-5-2-6-18)27-23-24-10-9-21(28-23)26-17-12-15-4-3-11-30-22(15)25-14-17;1-3-6-4-2-5-1/h7-10,12-14,18H,2-6,11H2,1H3,(H2,24,26,27,28);5H,1-4H2. The van der Waals surface area contributed by atoms with Crippen molar-refractivity contribution >= 4 is 23.1 Å². The van der Waals surface area contributed by atoms with Crippen LogP contribution in [0.3, 0.4) is 0 Å². The van der Waals surface area contributed by atoms with Crippen LogP contribution in [0, 0.1) is 0 Å². The minimum Gasteiger partial charge on any atom is -0.493 e. The highest BCUT2D eigenvalue weighted by atomic mass is 16.5. The molecule has 1 saturated carbocycles. The molecule has 1 aromatic carbocycles. The fourth-order valence-electron chi connectivity index (χ4n) is 4.10. The van der Waals surface area contributed by atoms with Crippen LogP contribution < -0.4 is 30.2 Å². The second-order valence-electron chi connectivity index (χ2n) is 9.05. The van der Waals surface area contributed by atoms with E-state index in [2.05, 4.69) is 37.0 Å². The first-order chi connectivity index (χ1) is 18.3. The lowest BCUT2D eigenvalue weighted by atomic mass is 9.96. The number of pyridine rings is 1. The number of fused-ring (bicyclic) bond motifs is 1. The number of rotatable bonds is 7. The van der Waals surface area contributed by atoms with Crippen molar-refractivity contribution in [2.24, 2.45) is 0 Å². The molecular weight excluding hydrogens is 472 g/mol. The number of hydrogen-bond donors (Lipinski definition) is 3. The molecule has 10 heteroatoms. The van der Waals surface area contributed by atoms with E-state index in [9.17, 15) is 0 Å². The normalized spacial score (nSPS) is 16.7. The van der Waals surface area contributed by atoms with Gasteiger partial charge in [0.25, 0.3) is 0 Å². The largest absolute Gasteiger partial charge is 0.493 e. The molecule has 2 aliphatic heterocycles. The van der Waals surface area contributed by atoms with Crippen LogP contribution in [0.15, 0.2) is 42.7 Å². The number of nitrogens with one attached hydrogen (secondary N) is 3. The Balaban J connectivity index is 0.000000412. The lowest BCUT2D eigenvalue weighted by Gasteiger charge is -2.27. The molecule has 196 valence electrons. The van der Waals surface area contributed by atoms with E-state index in [1.807, 2.05) is 24.3 Å². The van der Waals surface area contributed by atoms with Crippen LogP contribution in [0.1, 0.15) is 31.2 Å². The Morgan fingerprint density at radius 2 is 1.84 bits per heavy atom. The Morgan fingerprint density at radius 1 is 0.946 bits per heavy atom. The van der Waals surface area contributed by atoms with Gasteiger partial charge >= 0.3 is 0 Å². The van der Waals surface area contributed by atoms with E-state index in [0.717, 1.165) is 87.2 Å². The van der Waals surface area contributed by atoms with Gasteiger partial charge in [0, 0.05) is 36.6 Å². The Bertz CT molecular complexity index is 1160. The summed E-state index contributed by atoms with van der Waals surface area (Å²) in [7, 11) is 1.64. The summed E-state index contributed by atoms with van der Waals surface area (Å²) in [6.07, 6.45) is 9.16. The van der Waals surface area contributed by atoms with Crippen LogP contribution in [0.4, 0.5) is 23.1 Å². The third-order valence-corrected chi connectivity index (χ3v) is 6.29. The van der Waals surface area contributed by atoms with Gasteiger partial charge in [-0.2, -0.15) is 4.98 Å². The molecule has 6 rings (SSSR count). The third kappa shape index (κ3) is 6.99. The number of hydrogen-bond acceptors (Lipinski definition) is 10. The molecule has 3 aromatic rings. The highest BCUT2D eigenvalue weighted by Gasteiger charge is 2.21. The lowest BCUT2D eigenvalue weighted by molar-refractivity contribution is 0.109. The summed E-state index contributed by atoms with van der Waals surface area (Å²) >= 11 is 0. The maximum atomic E-state index is 5.99. The summed E-state index contributed by atoms with van der Waals surface area (Å²) < 4.78 is 22.1. The van der Waals surface area contributed by atoms with Crippen LogP contribution in [-0.4, -0.2) is 61.1 Å². The summed E-state index contributed by atoms with van der Waals surface area (Å²) in [5.74, 6) is 3.33. The van der Waals surface area contributed by atoms with Gasteiger partial charge in [-0.25, -0.2) is 9.97 Å². The SMILES string of the molecule is C1COCCN1.COc1cc(Nc2nccc(Nc3cnc4c(c3)CCCO4)n2)ccc1OC1CCC1. The van der Waals surface area contributed by atoms with Gasteiger partial charge in [-0.15, -0.1) is 0 Å². The first-order valence-electron chi connectivity index (χ1n) is 12.9. The molecule has 3 N–H and O–H groups in total. The van der Waals surface area contributed by atoms with E-state index in [1.54, 1.807) is 19.5 Å². The minimum atomic E-state index is 0.295. The predicted octanol–water partition coefficient (Wildman–Crippen LogP) is 4.23. The molecule has 1 aliphatic carbocycles. The number of nitrogens with zero attached hydrogens (tertiary/aromatic N) is 3. The zero-order valence-electron chi connectivity index (χ0n) is 21.2. The molecule has 0 atom stereocenters. The van der Waals surface area contributed by atoms with Gasteiger partial charge in [0.05, 0.1) is 44.9 Å². The Hall–Kier alpha value is -3.63. The van der Waals surface area contributed by atoms with Crippen molar-refractivity contribution in [3.05, 3.63) is 48.3 Å². The van der Waals surface area contributed by atoms with Crippen molar-refractivity contribution in [3.8, 4) is 17.4 Å². The summed E-state index contributed by atoms with van der Waals surface area (Å²) in [6.45, 7) is 4.56. The quantitative estimate of drug-likeness (QED) is 0.430. The lowest BCUT2D eigenvalue weighted by Crippen LogP contribution is -2.30. The Kier molecular flexibility index (Phi) is 8.50. The van der Waals surface area contributed by atoms with Crippen molar-refractivity contribution in [1.82, 2.24) is 20.3 Å². The average Bonchev–Trinajstić information content (AvgIpc) is 2.93. The second-order valence-corrected chi connectivity index (χ2v) is 9.05. The van der Waals surface area contributed by atoms with Crippen molar-refractivity contribution in [1.29, 1.82) is 0 Å². The topological polar surface area (TPSA) is 112 Å². The van der Waals surface area contributed by atoms with E-state index in [1.165, 1.54) is 6.42 Å². The number of benzene rings is 1. The number of ether oxygens (including phenoxy) is 4. The zero-order valence-corrected chi connectivity index (χ0v) is 21.2. The molecule has 37 heavy (non-hydrogen) atoms. The minimum absolute atomic E-state index is 0.295. The molecule has 2 fully saturated rings. The van der Waals surface area contributed by atoms with Crippen molar-refractivity contribution in [2.45, 2.75) is 38.2 Å². The smallest absolute Gasteiger partial charge is 0.229 e. The molecule has 2 aromatic heterocycles. The first-order valence-corrected chi connectivity index (χ1v) is 12.9. The summed E-state index contributed by atoms with van der Waals surface area (Å²) in [4.78, 5) is 13.3. The number of aryl methyl sites for hydroxylation is 1. The van der Waals surface area contributed by atoms with E-state index >= 15 is 0 Å². The van der Waals surface area contributed by atoms with Gasteiger partial charge in [-0.05, 0) is 56.4 Å². The summed E-state index contributed by atoms with van der Waals surface area (Å²) in [5, 5.41) is 9.68. The highest BCUT2D eigenvalue weighted by molar-refractivity contribution is 5.62. The summed E-state index contributed by atoms with van der Waals surface area (Å²) in [6, 6.07) is 9.63. The second kappa shape index (κ2) is 12.6. The average molecular weight is 507 g/mol. The Labute approximate surface area is 217 Å². The van der Waals surface area contributed by atoms with E-state index in [0.29, 0.717) is 23.6 Å². The van der Waals surface area contributed by atoms with E-state index in [-0.39, 0.29) is 0 Å². The maximum absolute atomic E-state index is 5.99. The van der Waals surface area contributed by atoms with E-state index < -0.39 is 0 Å². The highest BCUT2D eigenvalue weighted by Crippen LogP contribution is 2.35. The van der Waals surface area contributed by atoms with Gasteiger partial charge in [-0.1, -0.05) is 0 Å². The van der Waals surface area contributed by atoms with Crippen LogP contribution >= 0.6 is 0 Å². The fourth-order valence-corrected chi connectivity index (χ4v) is 4.10. The molecule has 10 nitrogen and oxygen atoms in total. The number of morpholine rings is 1. The molecule has 0 radical (unpaired) electrons. The van der Waals surface area contributed by atoms with Gasteiger partial charge in [0.2, 0.25) is 11.8 Å².